The lowest BCUT2D eigenvalue weighted by Gasteiger charge is -2.34. The number of aromatic nitrogens is 4. The molecule has 5 rings (SSSR count). The van der Waals surface area contributed by atoms with Crippen molar-refractivity contribution >= 4 is 7.82 Å². The molecule has 2 aromatic heterocycles. The van der Waals surface area contributed by atoms with E-state index < -0.39 is 79.9 Å². The molecule has 1 unspecified atom stereocenters. The Morgan fingerprint density at radius 1 is 1.00 bits per heavy atom. The molecule has 4 N–H and O–H groups in total. The lowest BCUT2D eigenvalue weighted by molar-refractivity contribution is -0.107. The van der Waals surface area contributed by atoms with E-state index in [0.29, 0.717) is 0 Å². The van der Waals surface area contributed by atoms with Gasteiger partial charge < -0.3 is 19.7 Å². The lowest BCUT2D eigenvalue weighted by Crippen LogP contribution is -2.40. The highest BCUT2D eigenvalue weighted by molar-refractivity contribution is 7.48. The highest BCUT2D eigenvalue weighted by Gasteiger charge is 2.49. The zero-order valence-corrected chi connectivity index (χ0v) is 21.9. The van der Waals surface area contributed by atoms with Crippen LogP contribution >= 0.6 is 7.82 Å². The fraction of sp³-hybridized carbons (Fsp3) is 0.636. The Morgan fingerprint density at radius 2 is 1.59 bits per heavy atom. The highest BCUT2D eigenvalue weighted by Crippen LogP contribution is 2.57. The van der Waals surface area contributed by atoms with Crippen molar-refractivity contribution in [3.8, 4) is 0 Å². The molecule has 5 heterocycles. The molecule has 16 nitrogen and oxygen atoms in total. The van der Waals surface area contributed by atoms with Crippen LogP contribution in [0.2, 0.25) is 0 Å². The van der Waals surface area contributed by atoms with Gasteiger partial charge in [0.25, 0.3) is 11.1 Å². The van der Waals surface area contributed by atoms with E-state index in [0.717, 1.165) is 9.13 Å². The Labute approximate surface area is 219 Å². The molecule has 2 aromatic rings. The number of phosphoric acid groups is 1. The Bertz CT molecular complexity index is 1510. The van der Waals surface area contributed by atoms with E-state index in [9.17, 15) is 34.0 Å². The third-order valence-electron chi connectivity index (χ3n) is 6.96. The molecule has 3 aliphatic rings. The summed E-state index contributed by atoms with van der Waals surface area (Å²) in [6, 6.07) is 0. The SMILES string of the molecule is Cc1cn([C@H]2C[C@H](O)[C@@H]([C@H]3CCOP(=O)(O[C@H]4C[C@H](n5cc(C)c(=O)[nH]c5=O)O[C@@H]4CO)O3)O2)c(=O)[nH]c1=O. The van der Waals surface area contributed by atoms with E-state index in [2.05, 4.69) is 9.97 Å². The number of rotatable bonds is 6. The Balaban J connectivity index is 1.29. The van der Waals surface area contributed by atoms with Crippen molar-refractivity contribution in [3.63, 3.8) is 0 Å². The monoisotopic (exact) mass is 572 g/mol. The van der Waals surface area contributed by atoms with Crippen molar-refractivity contribution in [1.29, 1.82) is 0 Å². The Morgan fingerprint density at radius 3 is 2.18 bits per heavy atom. The summed E-state index contributed by atoms with van der Waals surface area (Å²) in [4.78, 5) is 52.3. The maximum absolute atomic E-state index is 13.5. The Hall–Kier alpha value is -2.69. The number of phosphoric ester groups is 1. The average Bonchev–Trinajstić information content (AvgIpc) is 3.46. The fourth-order valence-corrected chi connectivity index (χ4v) is 6.51. The van der Waals surface area contributed by atoms with Gasteiger partial charge >= 0.3 is 19.2 Å². The largest absolute Gasteiger partial charge is 0.475 e. The maximum Gasteiger partial charge on any atom is 0.475 e. The summed E-state index contributed by atoms with van der Waals surface area (Å²) < 4.78 is 44.1. The third kappa shape index (κ3) is 5.51. The minimum Gasteiger partial charge on any atom is -0.394 e. The van der Waals surface area contributed by atoms with Crippen molar-refractivity contribution in [2.24, 2.45) is 0 Å². The van der Waals surface area contributed by atoms with Gasteiger partial charge in [0.2, 0.25) is 0 Å². The van der Waals surface area contributed by atoms with Gasteiger partial charge in [-0.15, -0.1) is 0 Å². The van der Waals surface area contributed by atoms with Gasteiger partial charge in [0.15, 0.2) is 0 Å². The zero-order valence-electron chi connectivity index (χ0n) is 21.1. The maximum atomic E-state index is 13.5. The highest BCUT2D eigenvalue weighted by atomic mass is 31.2. The number of nitrogens with zero attached hydrogens (tertiary/aromatic N) is 2. The molecule has 17 heteroatoms. The van der Waals surface area contributed by atoms with Crippen LogP contribution in [0.5, 0.6) is 0 Å². The van der Waals surface area contributed by atoms with E-state index in [4.69, 9.17) is 23.0 Å². The molecule has 0 spiro atoms. The molecule has 3 aliphatic heterocycles. The number of aliphatic hydroxyl groups excluding tert-OH is 2. The van der Waals surface area contributed by atoms with E-state index in [-0.39, 0.29) is 37.0 Å². The second-order valence-electron chi connectivity index (χ2n) is 9.72. The van der Waals surface area contributed by atoms with Crippen LogP contribution < -0.4 is 22.5 Å². The molecule has 0 radical (unpaired) electrons. The number of nitrogens with one attached hydrogen (secondary N) is 2. The number of hydrogen-bond acceptors (Lipinski definition) is 12. The molecule has 8 atom stereocenters. The summed E-state index contributed by atoms with van der Waals surface area (Å²) in [6.45, 7) is 2.46. The number of hydrogen-bond donors (Lipinski definition) is 4. The average molecular weight is 572 g/mol. The van der Waals surface area contributed by atoms with Gasteiger partial charge in [0.05, 0.1) is 19.3 Å². The number of H-pyrrole nitrogens is 2. The molecule has 3 fully saturated rings. The van der Waals surface area contributed by atoms with Crippen molar-refractivity contribution in [1.82, 2.24) is 19.1 Å². The van der Waals surface area contributed by atoms with Crippen LogP contribution in [-0.4, -0.2) is 73.0 Å². The van der Waals surface area contributed by atoms with Gasteiger partial charge in [-0.2, -0.15) is 0 Å². The van der Waals surface area contributed by atoms with Gasteiger partial charge in [-0.3, -0.25) is 42.3 Å². The molecule has 0 bridgehead atoms. The van der Waals surface area contributed by atoms with Crippen molar-refractivity contribution < 1.29 is 37.8 Å². The number of aromatic amines is 2. The summed E-state index contributed by atoms with van der Waals surface area (Å²) in [5, 5.41) is 20.5. The van der Waals surface area contributed by atoms with E-state index in [1.54, 1.807) is 0 Å². The fourth-order valence-electron chi connectivity index (χ4n) is 4.90. The van der Waals surface area contributed by atoms with Crippen LogP contribution in [0.3, 0.4) is 0 Å². The molecule has 39 heavy (non-hydrogen) atoms. The van der Waals surface area contributed by atoms with Crippen molar-refractivity contribution in [2.45, 2.75) is 76.1 Å². The third-order valence-corrected chi connectivity index (χ3v) is 8.51. The minimum absolute atomic E-state index is 0.0139. The first-order valence-corrected chi connectivity index (χ1v) is 13.8. The second-order valence-corrected chi connectivity index (χ2v) is 11.3. The number of aryl methyl sites for hydroxylation is 2. The lowest BCUT2D eigenvalue weighted by atomic mass is 10.1. The van der Waals surface area contributed by atoms with E-state index in [1.165, 1.54) is 26.2 Å². The van der Waals surface area contributed by atoms with Crippen LogP contribution in [-0.2, 0) is 27.6 Å². The van der Waals surface area contributed by atoms with Gasteiger partial charge in [0.1, 0.15) is 36.9 Å². The molecule has 214 valence electrons. The second kappa shape index (κ2) is 10.7. The summed E-state index contributed by atoms with van der Waals surface area (Å²) in [7, 11) is -4.25. The number of aliphatic hydroxyl groups is 2. The predicted octanol–water partition coefficient (Wildman–Crippen LogP) is -1.07. The normalized spacial score (nSPS) is 34.9. The summed E-state index contributed by atoms with van der Waals surface area (Å²) in [6.07, 6.45) is -3.99. The molecule has 0 amide bonds. The summed E-state index contributed by atoms with van der Waals surface area (Å²) in [5.41, 5.74) is -1.94. The molecule has 0 saturated carbocycles. The van der Waals surface area contributed by atoms with Crippen molar-refractivity contribution in [3.05, 3.63) is 65.2 Å². The minimum atomic E-state index is -4.25. The molecule has 3 saturated heterocycles. The smallest absolute Gasteiger partial charge is 0.394 e. The first kappa shape index (κ1) is 27.9. The summed E-state index contributed by atoms with van der Waals surface area (Å²) >= 11 is 0. The van der Waals surface area contributed by atoms with E-state index >= 15 is 0 Å². The molecule has 0 aromatic carbocycles. The van der Waals surface area contributed by atoms with Crippen LogP contribution in [0, 0.1) is 13.8 Å². The molecular weight excluding hydrogens is 543 g/mol. The van der Waals surface area contributed by atoms with Gasteiger partial charge in [0, 0.05) is 42.8 Å². The first-order valence-electron chi connectivity index (χ1n) is 12.3. The standard InChI is InChI=1S/C22H29N4O12P/c1-10-7-25(21(31)23-19(10)29)16-5-12(28)18(36-16)13-3-4-34-39(33,37-13)38-14-6-17(35-15(14)9-27)26-8-11(2)20(30)24-22(26)32/h7-8,12-18,27-28H,3-6,9H2,1-2H3,(H,23,29,31)(H,24,30,32)/t12-,13+,14-,15+,16+,17+,18-,39?/m0/s1. The van der Waals surface area contributed by atoms with Gasteiger partial charge in [-0.05, 0) is 13.8 Å². The van der Waals surface area contributed by atoms with Crippen LogP contribution in [0.4, 0.5) is 0 Å². The van der Waals surface area contributed by atoms with Crippen molar-refractivity contribution in [2.75, 3.05) is 13.2 Å². The first-order chi connectivity index (χ1) is 18.5. The van der Waals surface area contributed by atoms with Crippen LogP contribution in [0.1, 0.15) is 42.8 Å². The van der Waals surface area contributed by atoms with Gasteiger partial charge in [-0.1, -0.05) is 0 Å². The summed E-state index contributed by atoms with van der Waals surface area (Å²) in [5.74, 6) is 0. The predicted molar refractivity (Wildman–Crippen MR) is 130 cm³/mol. The molecular formula is C22H29N4O12P. The van der Waals surface area contributed by atoms with Gasteiger partial charge in [-0.25, -0.2) is 14.2 Å². The quantitative estimate of drug-likeness (QED) is 0.305. The van der Waals surface area contributed by atoms with E-state index in [1.807, 2.05) is 0 Å². The zero-order chi connectivity index (χ0) is 28.1. The van der Waals surface area contributed by atoms with Crippen LogP contribution in [0.15, 0.2) is 31.6 Å². The molecule has 0 aliphatic carbocycles. The Kier molecular flexibility index (Phi) is 7.65. The number of ether oxygens (including phenoxy) is 2. The topological polar surface area (TPSA) is 213 Å². The van der Waals surface area contributed by atoms with Crippen LogP contribution in [0.25, 0.3) is 0 Å².